The van der Waals surface area contributed by atoms with E-state index in [1.54, 1.807) is 7.11 Å². The van der Waals surface area contributed by atoms with Gasteiger partial charge in [-0.3, -0.25) is 0 Å². The molecule has 1 aromatic carbocycles. The number of para-hydroxylation sites is 1. The lowest BCUT2D eigenvalue weighted by molar-refractivity contribution is -0.0610. The van der Waals surface area contributed by atoms with Crippen LogP contribution in [0.2, 0.25) is 0 Å². The lowest BCUT2D eigenvalue weighted by Crippen LogP contribution is -2.43. The normalized spacial score (nSPS) is 24.9. The molecule has 0 aliphatic carbocycles. The van der Waals surface area contributed by atoms with Crippen molar-refractivity contribution in [2.75, 3.05) is 20.2 Å². The number of hydrogen-bond acceptors (Lipinski definition) is 3. The van der Waals surface area contributed by atoms with Gasteiger partial charge in [-0.2, -0.15) is 0 Å². The first-order valence-corrected chi connectivity index (χ1v) is 6.21. The Morgan fingerprint density at radius 3 is 2.76 bits per heavy atom. The van der Waals surface area contributed by atoms with Gasteiger partial charge in [0.25, 0.3) is 0 Å². The molecule has 1 aliphatic heterocycles. The minimum atomic E-state index is 0.0901. The Hall–Kier alpha value is -1.06. The van der Waals surface area contributed by atoms with Crippen molar-refractivity contribution in [1.82, 2.24) is 5.32 Å². The molecular weight excluding hydrogens is 214 g/mol. The standard InChI is InChI=1S/C14H21NO2/c1-10(2)13-8-15-9-14(17-13)11-6-4-5-7-12(11)16-3/h4-7,10,13-15H,8-9H2,1-3H3. The summed E-state index contributed by atoms with van der Waals surface area (Å²) in [6, 6.07) is 8.07. The van der Waals surface area contributed by atoms with Crippen molar-refractivity contribution in [3.05, 3.63) is 29.8 Å². The SMILES string of the molecule is COc1ccccc1C1CNCC(C(C)C)O1. The number of benzene rings is 1. The van der Waals surface area contributed by atoms with Gasteiger partial charge in [-0.15, -0.1) is 0 Å². The molecule has 17 heavy (non-hydrogen) atoms. The summed E-state index contributed by atoms with van der Waals surface area (Å²) in [7, 11) is 1.70. The van der Waals surface area contributed by atoms with Crippen LogP contribution in [-0.4, -0.2) is 26.3 Å². The van der Waals surface area contributed by atoms with E-state index < -0.39 is 0 Å². The van der Waals surface area contributed by atoms with Crippen LogP contribution in [-0.2, 0) is 4.74 Å². The molecular formula is C14H21NO2. The molecule has 3 nitrogen and oxygen atoms in total. The topological polar surface area (TPSA) is 30.5 Å². The van der Waals surface area contributed by atoms with E-state index in [9.17, 15) is 0 Å². The molecule has 0 saturated carbocycles. The third kappa shape index (κ3) is 2.79. The van der Waals surface area contributed by atoms with Gasteiger partial charge >= 0.3 is 0 Å². The highest BCUT2D eigenvalue weighted by Crippen LogP contribution is 2.30. The molecule has 0 bridgehead atoms. The summed E-state index contributed by atoms with van der Waals surface area (Å²) in [6.45, 7) is 6.17. The van der Waals surface area contributed by atoms with Crippen molar-refractivity contribution in [2.24, 2.45) is 5.92 Å². The van der Waals surface area contributed by atoms with Crippen LogP contribution >= 0.6 is 0 Å². The number of nitrogens with one attached hydrogen (secondary N) is 1. The van der Waals surface area contributed by atoms with Crippen LogP contribution in [0.5, 0.6) is 5.75 Å². The maximum atomic E-state index is 6.13. The van der Waals surface area contributed by atoms with E-state index in [-0.39, 0.29) is 12.2 Å². The predicted octanol–water partition coefficient (Wildman–Crippen LogP) is 2.38. The summed E-state index contributed by atoms with van der Waals surface area (Å²) in [5.74, 6) is 1.43. The lowest BCUT2D eigenvalue weighted by Gasteiger charge is -2.33. The molecule has 2 unspecified atom stereocenters. The largest absolute Gasteiger partial charge is 0.496 e. The second-order valence-corrected chi connectivity index (χ2v) is 4.81. The Balaban J connectivity index is 2.16. The zero-order valence-electron chi connectivity index (χ0n) is 10.8. The highest BCUT2D eigenvalue weighted by molar-refractivity contribution is 5.35. The fourth-order valence-electron chi connectivity index (χ4n) is 2.17. The van der Waals surface area contributed by atoms with Gasteiger partial charge in [0.1, 0.15) is 5.75 Å². The van der Waals surface area contributed by atoms with E-state index in [4.69, 9.17) is 9.47 Å². The quantitative estimate of drug-likeness (QED) is 0.872. The molecule has 3 heteroatoms. The Labute approximate surface area is 103 Å². The van der Waals surface area contributed by atoms with Crippen LogP contribution in [0.1, 0.15) is 25.5 Å². The molecule has 1 aliphatic rings. The van der Waals surface area contributed by atoms with Gasteiger partial charge in [0.2, 0.25) is 0 Å². The molecule has 1 heterocycles. The van der Waals surface area contributed by atoms with Gasteiger partial charge in [-0.05, 0) is 12.0 Å². The second-order valence-electron chi connectivity index (χ2n) is 4.81. The summed E-state index contributed by atoms with van der Waals surface area (Å²) in [4.78, 5) is 0. The van der Waals surface area contributed by atoms with E-state index in [2.05, 4.69) is 25.2 Å². The predicted molar refractivity (Wildman–Crippen MR) is 68.3 cm³/mol. The maximum Gasteiger partial charge on any atom is 0.124 e. The van der Waals surface area contributed by atoms with Crippen molar-refractivity contribution in [3.63, 3.8) is 0 Å². The molecule has 1 N–H and O–H groups in total. The van der Waals surface area contributed by atoms with Crippen molar-refractivity contribution >= 4 is 0 Å². The average Bonchev–Trinajstić information content (AvgIpc) is 2.39. The lowest BCUT2D eigenvalue weighted by atomic mass is 10.0. The number of methoxy groups -OCH3 is 1. The smallest absolute Gasteiger partial charge is 0.124 e. The summed E-state index contributed by atoms with van der Waals surface area (Å²) in [5, 5.41) is 3.44. The summed E-state index contributed by atoms with van der Waals surface area (Å²) >= 11 is 0. The summed E-state index contributed by atoms with van der Waals surface area (Å²) < 4.78 is 11.5. The van der Waals surface area contributed by atoms with Crippen LogP contribution < -0.4 is 10.1 Å². The van der Waals surface area contributed by atoms with E-state index in [1.807, 2.05) is 18.2 Å². The molecule has 0 spiro atoms. The molecule has 0 amide bonds. The Morgan fingerprint density at radius 1 is 1.29 bits per heavy atom. The average molecular weight is 235 g/mol. The van der Waals surface area contributed by atoms with Crippen LogP contribution in [0.4, 0.5) is 0 Å². The Kier molecular flexibility index (Phi) is 4.02. The van der Waals surface area contributed by atoms with Gasteiger partial charge in [0.05, 0.1) is 19.3 Å². The molecule has 1 fully saturated rings. The third-order valence-electron chi connectivity index (χ3n) is 3.24. The number of ether oxygens (including phenoxy) is 2. The van der Waals surface area contributed by atoms with E-state index >= 15 is 0 Å². The van der Waals surface area contributed by atoms with Gasteiger partial charge in [-0.25, -0.2) is 0 Å². The first kappa shape index (κ1) is 12.4. The zero-order valence-corrected chi connectivity index (χ0v) is 10.8. The Bertz CT molecular complexity index is 365. The van der Waals surface area contributed by atoms with Crippen molar-refractivity contribution in [3.8, 4) is 5.75 Å². The van der Waals surface area contributed by atoms with Gasteiger partial charge in [0.15, 0.2) is 0 Å². The van der Waals surface area contributed by atoms with Gasteiger partial charge in [-0.1, -0.05) is 32.0 Å². The van der Waals surface area contributed by atoms with Crippen LogP contribution in [0.15, 0.2) is 24.3 Å². The molecule has 1 saturated heterocycles. The molecule has 2 atom stereocenters. The molecule has 0 radical (unpaired) electrons. The van der Waals surface area contributed by atoms with Crippen molar-refractivity contribution in [2.45, 2.75) is 26.1 Å². The monoisotopic (exact) mass is 235 g/mol. The zero-order chi connectivity index (χ0) is 12.3. The molecule has 94 valence electrons. The molecule has 2 rings (SSSR count). The fourth-order valence-corrected chi connectivity index (χ4v) is 2.17. The minimum absolute atomic E-state index is 0.0901. The van der Waals surface area contributed by atoms with Crippen LogP contribution in [0.3, 0.4) is 0 Å². The minimum Gasteiger partial charge on any atom is -0.496 e. The Morgan fingerprint density at radius 2 is 2.06 bits per heavy atom. The highest BCUT2D eigenvalue weighted by atomic mass is 16.5. The van der Waals surface area contributed by atoms with E-state index in [1.165, 1.54) is 0 Å². The van der Waals surface area contributed by atoms with Crippen LogP contribution in [0, 0.1) is 5.92 Å². The summed E-state index contributed by atoms with van der Waals surface area (Å²) in [5.41, 5.74) is 1.13. The highest BCUT2D eigenvalue weighted by Gasteiger charge is 2.26. The van der Waals surface area contributed by atoms with Crippen LogP contribution in [0.25, 0.3) is 0 Å². The van der Waals surface area contributed by atoms with E-state index in [0.29, 0.717) is 5.92 Å². The van der Waals surface area contributed by atoms with Gasteiger partial charge < -0.3 is 14.8 Å². The van der Waals surface area contributed by atoms with Gasteiger partial charge in [0, 0.05) is 18.7 Å². The fraction of sp³-hybridized carbons (Fsp3) is 0.571. The van der Waals surface area contributed by atoms with Crippen molar-refractivity contribution in [1.29, 1.82) is 0 Å². The number of hydrogen-bond donors (Lipinski definition) is 1. The van der Waals surface area contributed by atoms with Crippen molar-refractivity contribution < 1.29 is 9.47 Å². The summed E-state index contributed by atoms with van der Waals surface area (Å²) in [6.07, 6.45) is 0.367. The molecule has 1 aromatic rings. The number of rotatable bonds is 3. The maximum absolute atomic E-state index is 6.13. The first-order chi connectivity index (χ1) is 8.22. The first-order valence-electron chi connectivity index (χ1n) is 6.21. The second kappa shape index (κ2) is 5.52. The number of morpholine rings is 1. The molecule has 0 aromatic heterocycles. The van der Waals surface area contributed by atoms with E-state index in [0.717, 1.165) is 24.4 Å². The third-order valence-corrected chi connectivity index (χ3v) is 3.24.